The summed E-state index contributed by atoms with van der Waals surface area (Å²) in [6.07, 6.45) is 3.46. The Hall–Kier alpha value is -0.630. The van der Waals surface area contributed by atoms with Crippen molar-refractivity contribution in [3.8, 4) is 6.07 Å². The van der Waals surface area contributed by atoms with Gasteiger partial charge >= 0.3 is 0 Å². The minimum Gasteiger partial charge on any atom is -0.383 e. The van der Waals surface area contributed by atoms with Crippen LogP contribution >= 0.6 is 0 Å². The van der Waals surface area contributed by atoms with Crippen molar-refractivity contribution in [3.05, 3.63) is 0 Å². The summed E-state index contributed by atoms with van der Waals surface area (Å²) in [5, 5.41) is 12.2. The number of nitriles is 1. The maximum absolute atomic E-state index is 9.07. The molecule has 1 rings (SSSR count). The molecule has 1 saturated carbocycles. The van der Waals surface area contributed by atoms with E-state index in [1.165, 1.54) is 12.8 Å². The maximum Gasteiger partial charge on any atom is 0.104 e. The van der Waals surface area contributed by atoms with E-state index in [1.54, 1.807) is 7.11 Å². The second kappa shape index (κ2) is 6.19. The van der Waals surface area contributed by atoms with Crippen LogP contribution < -0.4 is 5.32 Å². The molecule has 1 fully saturated rings. The molecule has 0 spiro atoms. The van der Waals surface area contributed by atoms with Gasteiger partial charge in [-0.1, -0.05) is 0 Å². The van der Waals surface area contributed by atoms with Crippen molar-refractivity contribution in [3.63, 3.8) is 0 Å². The second-order valence-corrected chi connectivity index (χ2v) is 4.70. The van der Waals surface area contributed by atoms with Crippen molar-refractivity contribution in [2.45, 2.75) is 37.8 Å². The number of hydrogen-bond donors (Lipinski definition) is 1. The predicted octanol–water partition coefficient (Wildman–Crippen LogP) is 0.989. The van der Waals surface area contributed by atoms with Gasteiger partial charge in [0.25, 0.3) is 0 Å². The van der Waals surface area contributed by atoms with E-state index in [0.717, 1.165) is 32.2 Å². The van der Waals surface area contributed by atoms with Gasteiger partial charge in [0, 0.05) is 26.2 Å². The number of rotatable bonds is 8. The van der Waals surface area contributed by atoms with E-state index < -0.39 is 5.54 Å². The van der Waals surface area contributed by atoms with E-state index in [0.29, 0.717) is 0 Å². The molecule has 0 aromatic rings. The highest BCUT2D eigenvalue weighted by molar-refractivity contribution is 5.03. The average Bonchev–Trinajstić information content (AvgIpc) is 3.13. The minimum absolute atomic E-state index is 0.403. The molecule has 4 heteroatoms. The van der Waals surface area contributed by atoms with Crippen LogP contribution in [0.25, 0.3) is 0 Å². The summed E-state index contributed by atoms with van der Waals surface area (Å²) < 4.78 is 5.11. The summed E-state index contributed by atoms with van der Waals surface area (Å²) in [5.41, 5.74) is -0.403. The molecule has 1 aliphatic rings. The summed E-state index contributed by atoms with van der Waals surface area (Å²) in [4.78, 5) is 2.44. The van der Waals surface area contributed by atoms with E-state index in [-0.39, 0.29) is 0 Å². The first kappa shape index (κ1) is 13.4. The van der Waals surface area contributed by atoms with Crippen LogP contribution in [0.1, 0.15) is 26.2 Å². The van der Waals surface area contributed by atoms with Gasteiger partial charge in [-0.15, -0.1) is 0 Å². The van der Waals surface area contributed by atoms with Crippen LogP contribution in [-0.4, -0.2) is 50.3 Å². The summed E-state index contributed by atoms with van der Waals surface area (Å²) in [7, 11) is 3.58. The predicted molar refractivity (Wildman–Crippen MR) is 64.2 cm³/mol. The van der Waals surface area contributed by atoms with E-state index in [4.69, 9.17) is 10.00 Å². The normalized spacial score (nSPS) is 19.4. The Morgan fingerprint density at radius 2 is 2.19 bits per heavy atom. The Bertz CT molecular complexity index is 247. The first-order valence-electron chi connectivity index (χ1n) is 5.98. The smallest absolute Gasteiger partial charge is 0.104 e. The lowest BCUT2D eigenvalue weighted by molar-refractivity contribution is 0.138. The Kier molecular flexibility index (Phi) is 5.20. The van der Waals surface area contributed by atoms with Crippen molar-refractivity contribution < 1.29 is 4.74 Å². The number of hydrogen-bond acceptors (Lipinski definition) is 4. The van der Waals surface area contributed by atoms with Gasteiger partial charge in [-0.05, 0) is 33.2 Å². The fraction of sp³-hybridized carbons (Fsp3) is 0.917. The zero-order valence-electron chi connectivity index (χ0n) is 10.6. The van der Waals surface area contributed by atoms with Gasteiger partial charge in [-0.2, -0.15) is 5.26 Å². The van der Waals surface area contributed by atoms with Gasteiger partial charge in [0.1, 0.15) is 5.54 Å². The molecule has 0 saturated heterocycles. The summed E-state index contributed by atoms with van der Waals surface area (Å²) in [6, 6.07) is 3.06. The monoisotopic (exact) mass is 225 g/mol. The Morgan fingerprint density at radius 3 is 2.62 bits per heavy atom. The molecular weight excluding hydrogens is 202 g/mol. The van der Waals surface area contributed by atoms with Gasteiger partial charge in [-0.3, -0.25) is 4.90 Å². The molecule has 0 amide bonds. The molecule has 1 atom stereocenters. The second-order valence-electron chi connectivity index (χ2n) is 4.70. The Balaban J connectivity index is 2.34. The van der Waals surface area contributed by atoms with Crippen molar-refractivity contribution in [1.82, 2.24) is 10.2 Å². The van der Waals surface area contributed by atoms with Crippen LogP contribution in [0.5, 0.6) is 0 Å². The molecule has 4 nitrogen and oxygen atoms in total. The molecule has 0 aromatic carbocycles. The van der Waals surface area contributed by atoms with Crippen LogP contribution in [0.3, 0.4) is 0 Å². The highest BCUT2D eigenvalue weighted by atomic mass is 16.5. The minimum atomic E-state index is -0.403. The standard InChI is InChI=1S/C12H23N3O/c1-12(10-13,14-2)6-7-15(8-9-16-3)11-4-5-11/h11,14H,4-9H2,1-3H3. The molecular formula is C12H23N3O. The van der Waals surface area contributed by atoms with Gasteiger partial charge in [0.05, 0.1) is 12.7 Å². The number of ether oxygens (including phenoxy) is 1. The van der Waals surface area contributed by atoms with Gasteiger partial charge in [0.15, 0.2) is 0 Å². The van der Waals surface area contributed by atoms with Crippen LogP contribution in [0, 0.1) is 11.3 Å². The van der Waals surface area contributed by atoms with Crippen molar-refractivity contribution in [1.29, 1.82) is 5.26 Å². The Labute approximate surface area is 98.6 Å². The zero-order valence-corrected chi connectivity index (χ0v) is 10.6. The molecule has 1 aliphatic carbocycles. The number of nitrogens with zero attached hydrogens (tertiary/aromatic N) is 2. The molecule has 92 valence electrons. The molecule has 1 unspecified atom stereocenters. The molecule has 0 aromatic heterocycles. The van der Waals surface area contributed by atoms with Gasteiger partial charge in [0.2, 0.25) is 0 Å². The first-order valence-corrected chi connectivity index (χ1v) is 5.98. The number of methoxy groups -OCH3 is 1. The lowest BCUT2D eigenvalue weighted by Crippen LogP contribution is -2.42. The zero-order chi connectivity index (χ0) is 12.0. The summed E-state index contributed by atoms with van der Waals surface area (Å²) in [6.45, 7) is 4.68. The average molecular weight is 225 g/mol. The number of nitrogens with one attached hydrogen (secondary N) is 1. The van der Waals surface area contributed by atoms with Gasteiger partial charge < -0.3 is 10.1 Å². The van der Waals surface area contributed by atoms with Crippen LogP contribution in [0.15, 0.2) is 0 Å². The third kappa shape index (κ3) is 4.09. The molecule has 1 N–H and O–H groups in total. The van der Waals surface area contributed by atoms with E-state index in [2.05, 4.69) is 16.3 Å². The fourth-order valence-electron chi connectivity index (χ4n) is 1.73. The van der Waals surface area contributed by atoms with Crippen molar-refractivity contribution in [2.24, 2.45) is 0 Å². The van der Waals surface area contributed by atoms with E-state index >= 15 is 0 Å². The van der Waals surface area contributed by atoms with E-state index in [1.807, 2.05) is 14.0 Å². The lowest BCUT2D eigenvalue weighted by Gasteiger charge is -2.27. The van der Waals surface area contributed by atoms with Crippen LogP contribution in [0.4, 0.5) is 0 Å². The summed E-state index contributed by atoms with van der Waals surface area (Å²) >= 11 is 0. The highest BCUT2D eigenvalue weighted by Gasteiger charge is 2.30. The largest absolute Gasteiger partial charge is 0.383 e. The third-order valence-corrected chi connectivity index (χ3v) is 3.34. The molecule has 0 heterocycles. The third-order valence-electron chi connectivity index (χ3n) is 3.34. The quantitative estimate of drug-likeness (QED) is 0.669. The van der Waals surface area contributed by atoms with Gasteiger partial charge in [-0.25, -0.2) is 0 Å². The van der Waals surface area contributed by atoms with E-state index in [9.17, 15) is 0 Å². The lowest BCUT2D eigenvalue weighted by atomic mass is 10.00. The van der Waals surface area contributed by atoms with Crippen molar-refractivity contribution in [2.75, 3.05) is 33.9 Å². The Morgan fingerprint density at radius 1 is 1.50 bits per heavy atom. The fourth-order valence-corrected chi connectivity index (χ4v) is 1.73. The maximum atomic E-state index is 9.07. The summed E-state index contributed by atoms with van der Waals surface area (Å²) in [5.74, 6) is 0. The molecule has 16 heavy (non-hydrogen) atoms. The van der Waals surface area contributed by atoms with Crippen LogP contribution in [-0.2, 0) is 4.74 Å². The SMILES string of the molecule is CNC(C)(C#N)CCN(CCOC)C1CC1. The van der Waals surface area contributed by atoms with Crippen LogP contribution in [0.2, 0.25) is 0 Å². The van der Waals surface area contributed by atoms with Crippen molar-refractivity contribution >= 4 is 0 Å². The molecule has 0 radical (unpaired) electrons. The first-order chi connectivity index (χ1) is 7.65. The molecule has 0 bridgehead atoms. The highest BCUT2D eigenvalue weighted by Crippen LogP contribution is 2.27. The molecule has 0 aliphatic heterocycles. The topological polar surface area (TPSA) is 48.3 Å².